The minimum atomic E-state index is -0.0884. The predicted octanol–water partition coefficient (Wildman–Crippen LogP) is 2.68. The van der Waals surface area contributed by atoms with Gasteiger partial charge < -0.3 is 14.8 Å². The zero-order chi connectivity index (χ0) is 18.6. The van der Waals surface area contributed by atoms with Crippen LogP contribution in [-0.4, -0.2) is 27.9 Å². The molecule has 1 aliphatic rings. The largest absolute Gasteiger partial charge is 0.454 e. The van der Waals surface area contributed by atoms with Crippen LogP contribution in [0.4, 0.5) is 0 Å². The van der Waals surface area contributed by atoms with Gasteiger partial charge in [-0.25, -0.2) is 4.98 Å². The summed E-state index contributed by atoms with van der Waals surface area (Å²) >= 11 is 0. The number of amides is 1. The molecule has 2 aromatic carbocycles. The van der Waals surface area contributed by atoms with E-state index in [9.17, 15) is 4.79 Å². The number of hydrogen-bond acceptors (Lipinski definition) is 5. The maximum absolute atomic E-state index is 12.6. The second-order valence-corrected chi connectivity index (χ2v) is 6.39. The molecule has 0 saturated heterocycles. The summed E-state index contributed by atoms with van der Waals surface area (Å²) < 4.78 is 10.9. The molecule has 0 radical (unpaired) electrons. The van der Waals surface area contributed by atoms with E-state index >= 15 is 0 Å². The third-order valence-corrected chi connectivity index (χ3v) is 4.48. The summed E-state index contributed by atoms with van der Waals surface area (Å²) in [5, 5.41) is 9.71. The highest BCUT2D eigenvalue weighted by Crippen LogP contribution is 2.37. The van der Waals surface area contributed by atoms with Crippen LogP contribution in [0.25, 0.3) is 0 Å². The van der Waals surface area contributed by atoms with Crippen molar-refractivity contribution in [1.82, 2.24) is 20.5 Å². The molecule has 27 heavy (non-hydrogen) atoms. The van der Waals surface area contributed by atoms with Crippen LogP contribution in [0.1, 0.15) is 35.1 Å². The molecule has 3 aromatic rings. The van der Waals surface area contributed by atoms with Crippen molar-refractivity contribution in [2.75, 3.05) is 6.79 Å². The minimum Gasteiger partial charge on any atom is -0.454 e. The molecule has 2 heterocycles. The second kappa shape index (κ2) is 7.49. The quantitative estimate of drug-likeness (QED) is 0.702. The highest BCUT2D eigenvalue weighted by Gasteiger charge is 2.22. The number of benzene rings is 2. The first kappa shape index (κ1) is 17.1. The van der Waals surface area contributed by atoms with Crippen molar-refractivity contribution in [3.05, 3.63) is 71.3 Å². The zero-order valence-electron chi connectivity index (χ0n) is 14.9. The van der Waals surface area contributed by atoms with Crippen LogP contribution in [0.15, 0.2) is 48.5 Å². The monoisotopic (exact) mass is 364 g/mol. The molecule has 1 aliphatic heterocycles. The Kier molecular flexibility index (Phi) is 4.74. The number of aryl methyl sites for hydroxylation is 1. The Morgan fingerprint density at radius 3 is 2.74 bits per heavy atom. The van der Waals surface area contributed by atoms with Crippen molar-refractivity contribution < 1.29 is 14.3 Å². The highest BCUT2D eigenvalue weighted by molar-refractivity contribution is 5.77. The fourth-order valence-electron chi connectivity index (χ4n) is 3.15. The molecule has 7 heteroatoms. The van der Waals surface area contributed by atoms with Crippen molar-refractivity contribution in [2.24, 2.45) is 0 Å². The van der Waals surface area contributed by atoms with Gasteiger partial charge in [-0.15, -0.1) is 0 Å². The van der Waals surface area contributed by atoms with Crippen LogP contribution in [0.2, 0.25) is 0 Å². The van der Waals surface area contributed by atoms with E-state index in [1.165, 1.54) is 0 Å². The lowest BCUT2D eigenvalue weighted by Crippen LogP contribution is -2.25. The van der Waals surface area contributed by atoms with Gasteiger partial charge in [0.1, 0.15) is 5.82 Å². The van der Waals surface area contributed by atoms with Gasteiger partial charge in [-0.1, -0.05) is 36.4 Å². The van der Waals surface area contributed by atoms with Crippen LogP contribution >= 0.6 is 0 Å². The molecule has 0 aliphatic carbocycles. The van der Waals surface area contributed by atoms with E-state index < -0.39 is 0 Å². The Balaban J connectivity index is 1.52. The lowest BCUT2D eigenvalue weighted by molar-refractivity contribution is -0.121. The summed E-state index contributed by atoms with van der Waals surface area (Å²) in [6, 6.07) is 15.8. The molecule has 1 atom stereocenters. The van der Waals surface area contributed by atoms with Crippen molar-refractivity contribution >= 4 is 5.91 Å². The van der Waals surface area contributed by atoms with Crippen molar-refractivity contribution in [3.8, 4) is 11.5 Å². The van der Waals surface area contributed by atoms with Crippen LogP contribution in [0, 0.1) is 6.92 Å². The molecule has 138 valence electrons. The number of H-pyrrole nitrogens is 1. The van der Waals surface area contributed by atoms with Gasteiger partial charge in [0.15, 0.2) is 17.3 Å². The Hall–Kier alpha value is -3.35. The summed E-state index contributed by atoms with van der Waals surface area (Å²) in [5.74, 6) is 2.58. The second-order valence-electron chi connectivity index (χ2n) is 6.39. The number of nitrogens with one attached hydrogen (secondary N) is 2. The molecule has 1 amide bonds. The maximum Gasteiger partial charge on any atom is 0.231 e. The first-order valence-electron chi connectivity index (χ1n) is 8.78. The molecule has 0 spiro atoms. The summed E-state index contributed by atoms with van der Waals surface area (Å²) in [7, 11) is 0. The summed E-state index contributed by atoms with van der Waals surface area (Å²) in [4.78, 5) is 16.8. The smallest absolute Gasteiger partial charge is 0.231 e. The van der Waals surface area contributed by atoms with Crippen molar-refractivity contribution in [1.29, 1.82) is 0 Å². The molecular weight excluding hydrogens is 344 g/mol. The van der Waals surface area contributed by atoms with Crippen LogP contribution < -0.4 is 14.8 Å². The molecule has 0 bridgehead atoms. The van der Waals surface area contributed by atoms with E-state index in [2.05, 4.69) is 20.5 Å². The molecular formula is C20H20N4O3. The fraction of sp³-hybridized carbons (Fsp3) is 0.250. The number of aromatic amines is 1. The van der Waals surface area contributed by atoms with Gasteiger partial charge in [-0.05, 0) is 30.2 Å². The number of fused-ring (bicyclic) bond motifs is 1. The van der Waals surface area contributed by atoms with Gasteiger partial charge in [0.2, 0.25) is 12.7 Å². The standard InChI is InChI=1S/C20H20N4O3/c1-13-22-19(24-23-13)11-21-20(25)10-16(14-5-3-2-4-6-14)15-7-8-17-18(9-15)27-12-26-17/h2-9,16H,10-12H2,1H3,(H,21,25)(H,22,23,24). The number of ether oxygens (including phenoxy) is 2. The topological polar surface area (TPSA) is 89.1 Å². The van der Waals surface area contributed by atoms with E-state index in [-0.39, 0.29) is 18.6 Å². The summed E-state index contributed by atoms with van der Waals surface area (Å²) in [6.45, 7) is 2.35. The van der Waals surface area contributed by atoms with Gasteiger partial charge in [0.05, 0.1) is 6.54 Å². The Morgan fingerprint density at radius 2 is 1.96 bits per heavy atom. The van der Waals surface area contributed by atoms with Gasteiger partial charge in [-0.3, -0.25) is 9.89 Å². The number of carbonyl (C=O) groups excluding carboxylic acids is 1. The van der Waals surface area contributed by atoms with E-state index in [0.717, 1.165) is 22.7 Å². The normalized spacial score (nSPS) is 13.4. The lowest BCUT2D eigenvalue weighted by Gasteiger charge is -2.18. The van der Waals surface area contributed by atoms with Gasteiger partial charge in [0.25, 0.3) is 0 Å². The van der Waals surface area contributed by atoms with Crippen molar-refractivity contribution in [2.45, 2.75) is 25.8 Å². The highest BCUT2D eigenvalue weighted by atomic mass is 16.7. The van der Waals surface area contributed by atoms with Crippen molar-refractivity contribution in [3.63, 3.8) is 0 Å². The average Bonchev–Trinajstić information content (AvgIpc) is 3.33. The van der Waals surface area contributed by atoms with Gasteiger partial charge in [-0.2, -0.15) is 5.10 Å². The Bertz CT molecular complexity index is 939. The minimum absolute atomic E-state index is 0.0658. The zero-order valence-corrected chi connectivity index (χ0v) is 14.9. The van der Waals surface area contributed by atoms with E-state index in [4.69, 9.17) is 9.47 Å². The van der Waals surface area contributed by atoms with E-state index in [1.54, 1.807) is 0 Å². The van der Waals surface area contributed by atoms with Crippen LogP contribution in [-0.2, 0) is 11.3 Å². The maximum atomic E-state index is 12.6. The fourth-order valence-corrected chi connectivity index (χ4v) is 3.15. The lowest BCUT2D eigenvalue weighted by atomic mass is 9.88. The summed E-state index contributed by atoms with van der Waals surface area (Å²) in [6.07, 6.45) is 0.313. The summed E-state index contributed by atoms with van der Waals surface area (Å²) in [5.41, 5.74) is 2.08. The average molecular weight is 364 g/mol. The SMILES string of the molecule is Cc1nc(CNC(=O)CC(c2ccccc2)c2ccc3c(c2)OCO3)n[nH]1. The first-order chi connectivity index (χ1) is 13.2. The van der Waals surface area contributed by atoms with Crippen LogP contribution in [0.3, 0.4) is 0 Å². The molecule has 1 aromatic heterocycles. The third-order valence-electron chi connectivity index (χ3n) is 4.48. The van der Waals surface area contributed by atoms with Crippen LogP contribution in [0.5, 0.6) is 11.5 Å². The molecule has 1 unspecified atom stereocenters. The Labute approximate surface area is 156 Å². The number of carbonyl (C=O) groups is 1. The molecule has 0 saturated carbocycles. The molecule has 0 fully saturated rings. The number of aromatic nitrogens is 3. The molecule has 7 nitrogen and oxygen atoms in total. The molecule has 4 rings (SSSR count). The number of nitrogens with zero attached hydrogens (tertiary/aromatic N) is 2. The third kappa shape index (κ3) is 3.92. The van der Waals surface area contributed by atoms with Gasteiger partial charge in [0, 0.05) is 12.3 Å². The Morgan fingerprint density at radius 1 is 1.15 bits per heavy atom. The number of rotatable bonds is 6. The van der Waals surface area contributed by atoms with E-state index in [1.807, 2.05) is 55.5 Å². The first-order valence-corrected chi connectivity index (χ1v) is 8.78. The number of hydrogen-bond donors (Lipinski definition) is 2. The van der Waals surface area contributed by atoms with Gasteiger partial charge >= 0.3 is 0 Å². The predicted molar refractivity (Wildman–Crippen MR) is 98.4 cm³/mol. The van der Waals surface area contributed by atoms with E-state index in [0.29, 0.717) is 24.5 Å². The molecule has 2 N–H and O–H groups in total.